The van der Waals surface area contributed by atoms with Crippen LogP contribution < -0.4 is 10.6 Å². The summed E-state index contributed by atoms with van der Waals surface area (Å²) in [4.78, 5) is 20.1. The Morgan fingerprint density at radius 3 is 2.36 bits per heavy atom. The summed E-state index contributed by atoms with van der Waals surface area (Å²) in [6.45, 7) is 0. The molecule has 5 nitrogen and oxygen atoms in total. The number of aromatic nitrogens is 2. The van der Waals surface area contributed by atoms with Crippen molar-refractivity contribution in [2.75, 3.05) is 10.6 Å². The first-order valence-electron chi connectivity index (χ1n) is 7.13. The van der Waals surface area contributed by atoms with E-state index in [4.69, 9.17) is 0 Å². The molecule has 2 N–H and O–H groups in total. The lowest BCUT2D eigenvalue weighted by Crippen LogP contribution is -2.15. The van der Waals surface area contributed by atoms with Gasteiger partial charge in [-0.2, -0.15) is 0 Å². The number of carbonyl (C=O) groups is 1. The predicted molar refractivity (Wildman–Crippen MR) is 86.0 cm³/mol. The molecule has 0 radical (unpaired) electrons. The summed E-state index contributed by atoms with van der Waals surface area (Å²) in [6, 6.07) is 9.64. The average molecular weight is 344 g/mol. The molecule has 0 bridgehead atoms. The van der Waals surface area contributed by atoms with Gasteiger partial charge in [0.25, 0.3) is 5.91 Å². The third-order valence-corrected chi connectivity index (χ3v) is 3.17. The topological polar surface area (TPSA) is 66.9 Å². The van der Waals surface area contributed by atoms with E-state index in [9.17, 15) is 18.0 Å². The fraction of sp³-hybridized carbons (Fsp3) is 0. The zero-order valence-electron chi connectivity index (χ0n) is 12.6. The molecule has 0 atom stereocenters. The summed E-state index contributed by atoms with van der Waals surface area (Å²) in [5.41, 5.74) is 0.338. The van der Waals surface area contributed by atoms with Crippen LogP contribution in [0.15, 0.2) is 54.7 Å². The molecule has 3 rings (SSSR count). The van der Waals surface area contributed by atoms with E-state index < -0.39 is 17.5 Å². The van der Waals surface area contributed by atoms with Gasteiger partial charge in [-0.05, 0) is 42.5 Å². The highest BCUT2D eigenvalue weighted by molar-refractivity contribution is 6.03. The molecule has 25 heavy (non-hydrogen) atoms. The second-order valence-corrected chi connectivity index (χ2v) is 4.98. The number of nitrogens with one attached hydrogen (secondary N) is 2. The van der Waals surface area contributed by atoms with Gasteiger partial charge >= 0.3 is 0 Å². The second-order valence-electron chi connectivity index (χ2n) is 4.98. The number of hydrogen-bond acceptors (Lipinski definition) is 4. The quantitative estimate of drug-likeness (QED) is 0.753. The molecule has 3 aromatic rings. The van der Waals surface area contributed by atoms with E-state index in [1.54, 1.807) is 0 Å². The maximum Gasteiger partial charge on any atom is 0.274 e. The smallest absolute Gasteiger partial charge is 0.274 e. The van der Waals surface area contributed by atoms with Gasteiger partial charge in [-0.15, -0.1) is 0 Å². The van der Waals surface area contributed by atoms with Gasteiger partial charge in [-0.3, -0.25) is 4.79 Å². The van der Waals surface area contributed by atoms with Crippen molar-refractivity contribution in [3.8, 4) is 0 Å². The van der Waals surface area contributed by atoms with Gasteiger partial charge in [0.15, 0.2) is 0 Å². The Morgan fingerprint density at radius 2 is 1.64 bits per heavy atom. The zero-order valence-corrected chi connectivity index (χ0v) is 12.6. The number of halogens is 3. The average Bonchev–Trinajstić information content (AvgIpc) is 2.60. The van der Waals surface area contributed by atoms with Crippen LogP contribution in [0.3, 0.4) is 0 Å². The normalized spacial score (nSPS) is 10.4. The van der Waals surface area contributed by atoms with Crippen molar-refractivity contribution in [3.05, 3.63) is 77.9 Å². The lowest BCUT2D eigenvalue weighted by molar-refractivity contribution is 0.102. The highest BCUT2D eigenvalue weighted by atomic mass is 19.1. The fourth-order valence-corrected chi connectivity index (χ4v) is 1.98. The summed E-state index contributed by atoms with van der Waals surface area (Å²) in [7, 11) is 0. The van der Waals surface area contributed by atoms with Crippen molar-refractivity contribution in [2.24, 2.45) is 0 Å². The van der Waals surface area contributed by atoms with Crippen molar-refractivity contribution >= 4 is 23.2 Å². The molecule has 8 heteroatoms. The molecule has 0 unspecified atom stereocenters. The van der Waals surface area contributed by atoms with Crippen molar-refractivity contribution in [2.45, 2.75) is 0 Å². The highest BCUT2D eigenvalue weighted by Gasteiger charge is 2.12. The van der Waals surface area contributed by atoms with E-state index in [0.29, 0.717) is 11.8 Å². The molecule has 0 fully saturated rings. The van der Waals surface area contributed by atoms with Crippen molar-refractivity contribution < 1.29 is 18.0 Å². The summed E-state index contributed by atoms with van der Waals surface area (Å²) >= 11 is 0. The third-order valence-electron chi connectivity index (χ3n) is 3.17. The zero-order chi connectivity index (χ0) is 17.8. The van der Waals surface area contributed by atoms with Gasteiger partial charge in [0.05, 0.1) is 5.69 Å². The molecule has 0 aliphatic heterocycles. The van der Waals surface area contributed by atoms with Crippen molar-refractivity contribution in [1.82, 2.24) is 9.97 Å². The van der Waals surface area contributed by atoms with Crippen LogP contribution in [0.1, 0.15) is 10.5 Å². The number of hydrogen-bond donors (Lipinski definition) is 2. The summed E-state index contributed by atoms with van der Waals surface area (Å²) < 4.78 is 39.4. The number of benzene rings is 2. The van der Waals surface area contributed by atoms with E-state index in [1.807, 2.05) is 0 Å². The summed E-state index contributed by atoms with van der Waals surface area (Å²) in [5.74, 6) is -2.61. The molecule has 0 saturated heterocycles. The van der Waals surface area contributed by atoms with Gasteiger partial charge < -0.3 is 10.6 Å². The first-order valence-corrected chi connectivity index (χ1v) is 7.13. The second kappa shape index (κ2) is 7.00. The molecule has 0 saturated carbocycles. The van der Waals surface area contributed by atoms with E-state index >= 15 is 0 Å². The maximum absolute atomic E-state index is 13.6. The van der Waals surface area contributed by atoms with Crippen LogP contribution in [0, 0.1) is 17.5 Å². The third kappa shape index (κ3) is 4.11. The Hall–Kier alpha value is -3.42. The standard InChI is InChI=1S/C17H11F3N4O/c18-10-1-4-12(5-2-10)22-17-21-8-7-15(24-17)16(25)23-14-6-3-11(19)9-13(14)20/h1-9H,(H,23,25)(H,21,22,24). The molecule has 1 heterocycles. The van der Waals surface area contributed by atoms with Gasteiger partial charge in [-0.25, -0.2) is 23.1 Å². The van der Waals surface area contributed by atoms with Gasteiger partial charge in [0.2, 0.25) is 5.95 Å². The van der Waals surface area contributed by atoms with E-state index in [-0.39, 0.29) is 23.1 Å². The molecule has 1 amide bonds. The highest BCUT2D eigenvalue weighted by Crippen LogP contribution is 2.17. The lowest BCUT2D eigenvalue weighted by Gasteiger charge is -2.08. The number of nitrogens with zero attached hydrogens (tertiary/aromatic N) is 2. The van der Waals surface area contributed by atoms with Crippen LogP contribution in [-0.4, -0.2) is 15.9 Å². The molecular weight excluding hydrogens is 333 g/mol. The fourth-order valence-electron chi connectivity index (χ4n) is 1.98. The molecule has 1 aromatic heterocycles. The predicted octanol–water partition coefficient (Wildman–Crippen LogP) is 3.89. The molecule has 0 aliphatic rings. The summed E-state index contributed by atoms with van der Waals surface area (Å²) in [6.07, 6.45) is 1.34. The SMILES string of the molecule is O=C(Nc1ccc(F)cc1F)c1ccnc(Nc2ccc(F)cc2)n1. The van der Waals surface area contributed by atoms with Gasteiger partial charge in [0, 0.05) is 18.0 Å². The Bertz CT molecular complexity index is 916. The Labute approximate surface area is 140 Å². The molecular formula is C17H11F3N4O. The van der Waals surface area contributed by atoms with Gasteiger partial charge in [0.1, 0.15) is 23.1 Å². The monoisotopic (exact) mass is 344 g/mol. The van der Waals surface area contributed by atoms with Crippen LogP contribution in [0.2, 0.25) is 0 Å². The summed E-state index contributed by atoms with van der Waals surface area (Å²) in [5, 5.41) is 5.12. The Morgan fingerprint density at radius 1 is 0.920 bits per heavy atom. The minimum absolute atomic E-state index is 0.0247. The number of amides is 1. The maximum atomic E-state index is 13.6. The number of anilines is 3. The lowest BCUT2D eigenvalue weighted by atomic mass is 10.3. The molecule has 0 spiro atoms. The van der Waals surface area contributed by atoms with Gasteiger partial charge in [-0.1, -0.05) is 0 Å². The van der Waals surface area contributed by atoms with Crippen LogP contribution in [0.5, 0.6) is 0 Å². The Balaban J connectivity index is 1.76. The van der Waals surface area contributed by atoms with Crippen LogP contribution in [0.25, 0.3) is 0 Å². The van der Waals surface area contributed by atoms with Crippen LogP contribution in [-0.2, 0) is 0 Å². The number of carbonyl (C=O) groups excluding carboxylic acids is 1. The van der Waals surface area contributed by atoms with Crippen LogP contribution >= 0.6 is 0 Å². The minimum Gasteiger partial charge on any atom is -0.324 e. The molecule has 126 valence electrons. The van der Waals surface area contributed by atoms with Crippen molar-refractivity contribution in [1.29, 1.82) is 0 Å². The van der Waals surface area contributed by atoms with E-state index in [0.717, 1.165) is 12.1 Å². The largest absolute Gasteiger partial charge is 0.324 e. The van der Waals surface area contributed by atoms with Crippen LogP contribution in [0.4, 0.5) is 30.5 Å². The molecule has 2 aromatic carbocycles. The van der Waals surface area contributed by atoms with Crippen molar-refractivity contribution in [3.63, 3.8) is 0 Å². The minimum atomic E-state index is -0.896. The Kier molecular flexibility index (Phi) is 4.60. The number of rotatable bonds is 4. The first-order chi connectivity index (χ1) is 12.0. The van der Waals surface area contributed by atoms with E-state index in [2.05, 4.69) is 20.6 Å². The first kappa shape index (κ1) is 16.4. The van der Waals surface area contributed by atoms with E-state index in [1.165, 1.54) is 36.5 Å². The molecule has 0 aliphatic carbocycles.